The number of anilines is 3. The Hall–Kier alpha value is -15.0. The largest absolute Gasteiger partial charge is 0.510 e. The zero-order valence-corrected chi connectivity index (χ0v) is 80.7. The second-order valence-electron chi connectivity index (χ2n) is 34.2. The summed E-state index contributed by atoms with van der Waals surface area (Å²) >= 11 is 0. The summed E-state index contributed by atoms with van der Waals surface area (Å²) in [6, 6.07) is 127. The maximum Gasteiger partial charge on any atom is 0.132 e. The van der Waals surface area contributed by atoms with Crippen LogP contribution in [-0.4, -0.2) is 88.2 Å². The summed E-state index contributed by atoms with van der Waals surface area (Å²) in [5.74, 6) is 2.64. The Kier molecular flexibility index (Phi) is 21.9. The van der Waals surface area contributed by atoms with E-state index in [1.807, 2.05) is 111 Å². The summed E-state index contributed by atoms with van der Waals surface area (Å²) in [6.07, 6.45) is 16.8. The standard InChI is InChI=1S/2C39H27N6.C37H26N5.3Pt/c1-42-19-20-44(25-42)31-9-5-10-32(24-31)45-37-23-30(14-16-33(37)34-11-6-18-40-39(34)45)38-41-35-22-29(15-17-36(35)43(38)2)28-13-12-26-7-3-4-8-27(26)21-28;1-42-19-20-44(25-42)31-9-5-10-32(24-31)45-36-23-30(14-16-33(36)34-11-6-18-40-39(34)45)38-41-35-17-15-29(22-37(35)43(38)2)28-13-12-26-7-3-4-8-27(26)21-28;1-39-18-19-41(23-39)27-9-7-10-28(22-27)42-33-17-15-25-20-24-8-3-4-11-29(24)35(25)36(33)30-16-14-26(21-34(30)42)37-38-31-12-5-6-13-32(31)40(37)2;;;/h2*3-22,25H,1-2H3;3-19,23H,20H2,1-2H3;;;/q3*-3;;;. The molecule has 4 aliphatic rings. The zero-order valence-electron chi connectivity index (χ0n) is 73.9. The molecule has 664 valence electrons. The second kappa shape index (κ2) is 34.6. The molecule has 0 N–H and O–H groups in total. The van der Waals surface area contributed by atoms with Crippen molar-refractivity contribution < 1.29 is 63.2 Å². The Morgan fingerprint density at radius 3 is 1.22 bits per heavy atom. The Bertz CT molecular complexity index is 8620. The number of pyridine rings is 2. The van der Waals surface area contributed by atoms with Gasteiger partial charge in [0.2, 0.25) is 0 Å². The van der Waals surface area contributed by atoms with Crippen molar-refractivity contribution in [2.75, 3.05) is 35.8 Å². The molecule has 0 atom stereocenters. The van der Waals surface area contributed by atoms with E-state index in [9.17, 15) is 0 Å². The predicted octanol–water partition coefficient (Wildman–Crippen LogP) is 24.8. The first-order valence-electron chi connectivity index (χ1n) is 44.1. The fraction of sp³-hybridized carbons (Fsp3) is 0.0609. The van der Waals surface area contributed by atoms with Crippen LogP contribution in [0.4, 0.5) is 17.1 Å². The monoisotopic (exact) mass is 2280 g/mol. The number of nitrogens with zero attached hydrogens (tertiary/aromatic N) is 17. The van der Waals surface area contributed by atoms with Crippen LogP contribution in [0.2, 0.25) is 0 Å². The van der Waals surface area contributed by atoms with Gasteiger partial charge in [-0.1, -0.05) is 173 Å². The van der Waals surface area contributed by atoms with Crippen molar-refractivity contribution in [3.63, 3.8) is 0 Å². The van der Waals surface area contributed by atoms with Gasteiger partial charge in [0.1, 0.15) is 11.3 Å². The van der Waals surface area contributed by atoms with E-state index >= 15 is 0 Å². The van der Waals surface area contributed by atoms with Gasteiger partial charge in [0.05, 0.1) is 50.6 Å². The molecule has 17 nitrogen and oxygen atoms in total. The topological polar surface area (TPSA) is 113 Å². The molecule has 0 bridgehead atoms. The minimum atomic E-state index is 0. The molecular weight excluding hydrogens is 2200 g/mol. The minimum absolute atomic E-state index is 0. The Morgan fingerprint density at radius 2 is 0.696 bits per heavy atom. The Morgan fingerprint density at radius 1 is 0.281 bits per heavy atom. The van der Waals surface area contributed by atoms with Crippen molar-refractivity contribution in [2.24, 2.45) is 21.1 Å². The van der Waals surface area contributed by atoms with Crippen LogP contribution in [0.25, 0.3) is 205 Å². The van der Waals surface area contributed by atoms with E-state index < -0.39 is 0 Å². The smallest absolute Gasteiger partial charge is 0.132 e. The summed E-state index contributed by atoms with van der Waals surface area (Å²) in [5.41, 5.74) is 30.6. The first-order chi connectivity index (χ1) is 64.8. The molecule has 1 aliphatic carbocycles. The van der Waals surface area contributed by atoms with Crippen LogP contribution < -0.4 is 14.7 Å². The molecule has 0 fully saturated rings. The molecular formula is C115H80N17Pt3-9. The van der Waals surface area contributed by atoms with Gasteiger partial charge in [0, 0.05) is 102 Å². The maximum atomic E-state index is 5.14. The number of aromatic nitrogens is 11. The maximum absolute atomic E-state index is 5.14. The van der Waals surface area contributed by atoms with Gasteiger partial charge in [-0.3, -0.25) is 15.0 Å². The molecule has 23 aromatic rings. The van der Waals surface area contributed by atoms with Gasteiger partial charge in [0.15, 0.2) is 0 Å². The molecule has 3 aliphatic heterocycles. The quantitative estimate of drug-likeness (QED) is 0.115. The van der Waals surface area contributed by atoms with Gasteiger partial charge in [-0.2, -0.15) is 38.2 Å². The molecule has 135 heavy (non-hydrogen) atoms. The van der Waals surface area contributed by atoms with Crippen molar-refractivity contribution in [3.8, 4) is 84.6 Å². The molecule has 0 saturated heterocycles. The van der Waals surface area contributed by atoms with Gasteiger partial charge in [-0.05, 0) is 230 Å². The number of fused-ring (bicyclic) bond motifs is 18. The third-order valence-electron chi connectivity index (χ3n) is 26.1. The number of para-hydroxylation sites is 2. The van der Waals surface area contributed by atoms with Gasteiger partial charge in [0.25, 0.3) is 0 Å². The van der Waals surface area contributed by atoms with Crippen LogP contribution in [0.5, 0.6) is 0 Å². The third kappa shape index (κ3) is 14.8. The molecule has 0 saturated carbocycles. The van der Waals surface area contributed by atoms with E-state index in [2.05, 4.69) is 392 Å². The zero-order chi connectivity index (χ0) is 88.1. The van der Waals surface area contributed by atoms with Gasteiger partial charge < -0.3 is 56.8 Å². The van der Waals surface area contributed by atoms with E-state index in [0.717, 1.165) is 168 Å². The number of benzene rings is 15. The van der Waals surface area contributed by atoms with Crippen molar-refractivity contribution in [1.29, 1.82) is 0 Å². The van der Waals surface area contributed by atoms with Gasteiger partial charge >= 0.3 is 0 Å². The van der Waals surface area contributed by atoms with Gasteiger partial charge in [-0.15, -0.1) is 143 Å². The minimum Gasteiger partial charge on any atom is -0.510 e. The summed E-state index contributed by atoms with van der Waals surface area (Å²) in [5, 5.41) is 11.7. The molecule has 20 heteroatoms. The number of hydrogen-bond acceptors (Lipinski definition) is 11. The van der Waals surface area contributed by atoms with Crippen molar-refractivity contribution in [1.82, 2.24) is 67.0 Å². The summed E-state index contributed by atoms with van der Waals surface area (Å²) in [6.45, 7) is 6.11. The normalized spacial score (nSPS) is 13.2. The van der Waals surface area contributed by atoms with E-state index in [1.165, 1.54) is 71.3 Å². The fourth-order valence-corrected chi connectivity index (χ4v) is 19.6. The molecule has 0 unspecified atom stereocenters. The number of rotatable bonds is 11. The third-order valence-corrected chi connectivity index (χ3v) is 26.1. The second-order valence-corrected chi connectivity index (χ2v) is 34.2. The average Bonchev–Trinajstić information content (AvgIpc) is 1.56. The van der Waals surface area contributed by atoms with E-state index in [1.54, 1.807) is 0 Å². The van der Waals surface area contributed by atoms with Crippen LogP contribution >= 0.6 is 0 Å². The van der Waals surface area contributed by atoms with Crippen LogP contribution in [0.1, 0.15) is 11.1 Å². The fourth-order valence-electron chi connectivity index (χ4n) is 19.6. The molecule has 11 heterocycles. The Balaban J connectivity index is 0.000000116. The Labute approximate surface area is 823 Å². The van der Waals surface area contributed by atoms with Crippen LogP contribution in [0.15, 0.2) is 347 Å². The molecule has 0 spiro atoms. The first kappa shape index (κ1) is 85.5. The summed E-state index contributed by atoms with van der Waals surface area (Å²) in [4.78, 5) is 37.1. The van der Waals surface area contributed by atoms with Crippen LogP contribution in [-0.2, 0) is 90.8 Å². The molecule has 8 aromatic heterocycles. The van der Waals surface area contributed by atoms with E-state index in [4.69, 9.17) is 24.9 Å². The number of imidazole rings is 3. The molecule has 15 aromatic carbocycles. The van der Waals surface area contributed by atoms with E-state index in [0.29, 0.717) is 0 Å². The molecule has 0 radical (unpaired) electrons. The number of aryl methyl sites for hydroxylation is 3. The van der Waals surface area contributed by atoms with Crippen LogP contribution in [0, 0.1) is 56.4 Å². The van der Waals surface area contributed by atoms with Crippen molar-refractivity contribution >= 4 is 137 Å². The van der Waals surface area contributed by atoms with Crippen molar-refractivity contribution in [3.05, 3.63) is 414 Å². The van der Waals surface area contributed by atoms with E-state index in [-0.39, 0.29) is 63.2 Å². The summed E-state index contributed by atoms with van der Waals surface area (Å²) in [7, 11) is 12.3. The van der Waals surface area contributed by atoms with Crippen molar-refractivity contribution in [2.45, 2.75) is 6.42 Å². The van der Waals surface area contributed by atoms with Crippen LogP contribution in [0.3, 0.4) is 0 Å². The predicted molar refractivity (Wildman–Crippen MR) is 535 cm³/mol. The molecule has 0 amide bonds. The first-order valence-corrected chi connectivity index (χ1v) is 44.1. The molecule has 27 rings (SSSR count). The average molecular weight is 2290 g/mol. The number of hydrogen-bond donors (Lipinski definition) is 0. The summed E-state index contributed by atoms with van der Waals surface area (Å²) < 4.78 is 13.1. The SMILES string of the molecule is CN1C=CN(c2[c-]c(-n3c4[c-]c(-c5nc6cc(-c7ccc8ccccc8c7)ccc6n5C)ccc4c4cccnc43)ccc2)[CH-]1.CN1C=CN(c2[c-]c(-n3c4[c-]c(-c5nc6ccc(-c7ccc8ccccc8c7)cc6n5C)ccc4c4cccnc43)ccc2)[CH-]1.CN1C=CN(c2[c-]c(-n3c4[c-]c(-c5nc6ccccc6n5C)ccc4c4c5c(ccc43)Cc3ccccc3-5)ccc2)[CH-]1.[Pt].[Pt].[Pt]. The van der Waals surface area contributed by atoms with Gasteiger partial charge in [-0.25, -0.2) is 9.97 Å².